The fourth-order valence-corrected chi connectivity index (χ4v) is 5.94. The van der Waals surface area contributed by atoms with E-state index in [2.05, 4.69) is 0 Å². The average Bonchev–Trinajstić information content (AvgIpc) is 2.45. The Balaban J connectivity index is 3.05. The molecule has 2 unspecified atom stereocenters. The largest absolute Gasteiger partial charge is 0.440 e. The average molecular weight is 369 g/mol. The van der Waals surface area contributed by atoms with Crippen molar-refractivity contribution in [1.82, 2.24) is 0 Å². The minimum absolute atomic E-state index is 0.0779. The summed E-state index contributed by atoms with van der Waals surface area (Å²) in [4.78, 5) is 0. The van der Waals surface area contributed by atoms with Gasteiger partial charge in [0.05, 0.1) is 6.61 Å². The normalized spacial score (nSPS) is 15.1. The lowest BCUT2D eigenvalue weighted by Crippen LogP contribution is -1.99. The van der Waals surface area contributed by atoms with Crippen molar-refractivity contribution in [3.8, 4) is 0 Å². The van der Waals surface area contributed by atoms with Gasteiger partial charge in [-0.2, -0.15) is 0 Å². The van der Waals surface area contributed by atoms with E-state index in [1.54, 1.807) is 19.1 Å². The van der Waals surface area contributed by atoms with Crippen molar-refractivity contribution in [2.24, 2.45) is 0 Å². The second kappa shape index (κ2) is 9.12. The van der Waals surface area contributed by atoms with Crippen LogP contribution < -0.4 is 0 Å². The Hall–Kier alpha value is -0.120. The number of rotatable bonds is 8. The molecule has 0 N–H and O–H groups in total. The van der Waals surface area contributed by atoms with E-state index in [-0.39, 0.29) is 22.1 Å². The highest BCUT2D eigenvalue weighted by Gasteiger charge is 2.31. The van der Waals surface area contributed by atoms with Gasteiger partial charge in [-0.3, -0.25) is 4.52 Å². The second-order valence-corrected chi connectivity index (χ2v) is 9.51. The van der Waals surface area contributed by atoms with Crippen LogP contribution in [0.2, 0.25) is 0 Å². The quantitative estimate of drug-likeness (QED) is 0.388. The van der Waals surface area contributed by atoms with Gasteiger partial charge in [0.25, 0.3) is 0 Å². The van der Waals surface area contributed by atoms with Gasteiger partial charge in [0.1, 0.15) is 4.49 Å². The van der Waals surface area contributed by atoms with Crippen molar-refractivity contribution in [1.29, 1.82) is 0 Å². The lowest BCUT2D eigenvalue weighted by molar-refractivity contribution is 0.286. The first kappa shape index (κ1) is 18.9. The second-order valence-electron chi connectivity index (χ2n) is 4.24. The van der Waals surface area contributed by atoms with E-state index in [0.29, 0.717) is 5.56 Å². The van der Waals surface area contributed by atoms with E-state index in [4.69, 9.17) is 32.2 Å². The molecule has 7 heteroatoms. The van der Waals surface area contributed by atoms with Crippen molar-refractivity contribution in [3.05, 3.63) is 40.4 Å². The van der Waals surface area contributed by atoms with Gasteiger partial charge in [-0.05, 0) is 24.7 Å². The van der Waals surface area contributed by atoms with Gasteiger partial charge in [0, 0.05) is 10.8 Å². The molecule has 0 aliphatic carbocycles. The SMILES string of the molecule is CCOP(=O)(OC(=C(Cl)Cl)c1ccccc1)SC(C)CC. The molecule has 1 rings (SSSR count). The van der Waals surface area contributed by atoms with E-state index in [9.17, 15) is 4.57 Å². The molecule has 0 saturated carbocycles. The van der Waals surface area contributed by atoms with Crippen LogP contribution in [0.4, 0.5) is 0 Å². The minimum Gasteiger partial charge on any atom is -0.414 e. The van der Waals surface area contributed by atoms with Crippen molar-refractivity contribution in [2.45, 2.75) is 32.4 Å². The lowest BCUT2D eigenvalue weighted by Gasteiger charge is -2.22. The summed E-state index contributed by atoms with van der Waals surface area (Å²) in [6.07, 6.45) is 0.851. The molecule has 0 bridgehead atoms. The Labute approximate surface area is 140 Å². The molecule has 0 amide bonds. The first-order chi connectivity index (χ1) is 9.91. The molecule has 118 valence electrons. The molecule has 0 saturated heterocycles. The predicted molar refractivity (Wildman–Crippen MR) is 92.7 cm³/mol. The van der Waals surface area contributed by atoms with Crippen LogP contribution in [0, 0.1) is 0 Å². The van der Waals surface area contributed by atoms with Crippen LogP contribution in [-0.2, 0) is 13.6 Å². The lowest BCUT2D eigenvalue weighted by atomic mass is 10.2. The molecule has 21 heavy (non-hydrogen) atoms. The number of hydrogen-bond donors (Lipinski definition) is 0. The summed E-state index contributed by atoms with van der Waals surface area (Å²) in [7, 11) is 0. The first-order valence-electron chi connectivity index (χ1n) is 6.65. The molecular weight excluding hydrogens is 350 g/mol. The van der Waals surface area contributed by atoms with Crippen LogP contribution in [0.25, 0.3) is 5.76 Å². The maximum Gasteiger partial charge on any atom is 0.440 e. The number of hydrogen-bond acceptors (Lipinski definition) is 4. The van der Waals surface area contributed by atoms with Crippen molar-refractivity contribution in [2.75, 3.05) is 6.61 Å². The van der Waals surface area contributed by atoms with Crippen molar-refractivity contribution < 1.29 is 13.6 Å². The summed E-state index contributed by atoms with van der Waals surface area (Å²) in [6.45, 7) is 2.64. The zero-order valence-corrected chi connectivity index (χ0v) is 15.4. The highest BCUT2D eigenvalue weighted by atomic mass is 35.5. The molecule has 0 heterocycles. The standard InChI is InChI=1S/C14H19Cl2O3PS/c1-4-11(3)21-20(17,18-5-2)19-13(14(15)16)12-9-7-6-8-10-12/h6-11H,4-5H2,1-3H3. The number of benzene rings is 1. The summed E-state index contributed by atoms with van der Waals surface area (Å²) in [5.74, 6) is 0.173. The maximum atomic E-state index is 12.8. The Morgan fingerprint density at radius 2 is 1.90 bits per heavy atom. The third kappa shape index (κ3) is 6.25. The van der Waals surface area contributed by atoms with E-state index in [1.807, 2.05) is 32.0 Å². The van der Waals surface area contributed by atoms with Gasteiger partial charge < -0.3 is 4.52 Å². The Kier molecular flexibility index (Phi) is 8.22. The Bertz CT molecular complexity index is 518. The van der Waals surface area contributed by atoms with Gasteiger partial charge in [-0.1, -0.05) is 67.4 Å². The molecule has 0 aliphatic heterocycles. The molecule has 0 aromatic heterocycles. The molecule has 1 aromatic rings. The monoisotopic (exact) mass is 368 g/mol. The van der Waals surface area contributed by atoms with Crippen LogP contribution >= 0.6 is 41.4 Å². The third-order valence-electron chi connectivity index (χ3n) is 2.58. The smallest absolute Gasteiger partial charge is 0.414 e. The van der Waals surface area contributed by atoms with Gasteiger partial charge in [0.15, 0.2) is 5.76 Å². The maximum absolute atomic E-state index is 12.8. The van der Waals surface area contributed by atoms with Gasteiger partial charge in [0.2, 0.25) is 0 Å². The molecule has 0 radical (unpaired) electrons. The number of halogens is 2. The van der Waals surface area contributed by atoms with E-state index in [0.717, 1.165) is 6.42 Å². The molecule has 3 nitrogen and oxygen atoms in total. The van der Waals surface area contributed by atoms with Gasteiger partial charge >= 0.3 is 6.80 Å². The zero-order valence-electron chi connectivity index (χ0n) is 12.2. The fourth-order valence-electron chi connectivity index (χ4n) is 1.43. The highest BCUT2D eigenvalue weighted by Crippen LogP contribution is 2.65. The Morgan fingerprint density at radius 3 is 2.38 bits per heavy atom. The summed E-state index contributed by atoms with van der Waals surface area (Å²) in [5, 5.41) is 0.133. The van der Waals surface area contributed by atoms with Crippen LogP contribution in [0.3, 0.4) is 0 Å². The molecule has 0 aliphatic rings. The van der Waals surface area contributed by atoms with Crippen molar-refractivity contribution in [3.63, 3.8) is 0 Å². The van der Waals surface area contributed by atoms with Gasteiger partial charge in [-0.15, -0.1) is 0 Å². The first-order valence-corrected chi connectivity index (χ1v) is 10.4. The minimum atomic E-state index is -3.38. The van der Waals surface area contributed by atoms with E-state index in [1.165, 1.54) is 11.4 Å². The van der Waals surface area contributed by atoms with E-state index >= 15 is 0 Å². The van der Waals surface area contributed by atoms with Gasteiger partial charge in [-0.25, -0.2) is 4.57 Å². The van der Waals surface area contributed by atoms with Crippen molar-refractivity contribution >= 4 is 47.1 Å². The molecule has 2 atom stereocenters. The summed E-state index contributed by atoms with van der Waals surface area (Å²) in [6, 6.07) is 9.07. The summed E-state index contributed by atoms with van der Waals surface area (Å²) < 4.78 is 23.7. The molecular formula is C14H19Cl2O3PS. The molecule has 0 spiro atoms. The van der Waals surface area contributed by atoms with E-state index < -0.39 is 6.80 Å². The van der Waals surface area contributed by atoms with Crippen LogP contribution in [-0.4, -0.2) is 11.9 Å². The van der Waals surface area contributed by atoms with Crippen LogP contribution in [0.15, 0.2) is 34.8 Å². The third-order valence-corrected chi connectivity index (χ3v) is 7.25. The fraction of sp³-hybridized carbons (Fsp3) is 0.429. The predicted octanol–water partition coefficient (Wildman–Crippen LogP) is 6.48. The van der Waals surface area contributed by atoms with Crippen LogP contribution in [0.1, 0.15) is 32.8 Å². The Morgan fingerprint density at radius 1 is 1.29 bits per heavy atom. The molecule has 1 aromatic carbocycles. The van der Waals surface area contributed by atoms with Crippen LogP contribution in [0.5, 0.6) is 0 Å². The zero-order chi connectivity index (χ0) is 15.9. The summed E-state index contributed by atoms with van der Waals surface area (Å²) in [5.41, 5.74) is 0.655. The molecule has 0 fully saturated rings. The summed E-state index contributed by atoms with van der Waals surface area (Å²) >= 11 is 12.9. The topological polar surface area (TPSA) is 35.5 Å². The highest BCUT2D eigenvalue weighted by molar-refractivity contribution is 8.55.